The van der Waals surface area contributed by atoms with E-state index in [2.05, 4.69) is 20.0 Å². The molecule has 2 aliphatic heterocycles. The number of nitrogens with two attached hydrogens (primary N) is 4. The molecule has 11 N–H and O–H groups in total. The van der Waals surface area contributed by atoms with Crippen LogP contribution in [0.3, 0.4) is 0 Å². The summed E-state index contributed by atoms with van der Waals surface area (Å²) in [6.45, 7) is 7.53. The van der Waals surface area contributed by atoms with E-state index < -0.39 is 10.0 Å². The SMILES string of the molecule is Cc1cc(C)c(S(=O)(=O)Nc2ccc(Nc3nc(N4C[C@H](N)C[C@H](N)C4)nc(N4C[C@H](N)C[C@H](N)C4)n3)cc2O)c(C)c1. The smallest absolute Gasteiger partial charge is 0.262 e. The Morgan fingerprint density at radius 3 is 1.74 bits per heavy atom. The minimum atomic E-state index is -3.96. The Morgan fingerprint density at radius 1 is 0.791 bits per heavy atom. The Bertz CT molecular complexity index is 1520. The van der Waals surface area contributed by atoms with Crippen molar-refractivity contribution in [2.75, 3.05) is 46.0 Å². The zero-order valence-corrected chi connectivity index (χ0v) is 25.5. The van der Waals surface area contributed by atoms with Crippen LogP contribution in [0.5, 0.6) is 5.75 Å². The van der Waals surface area contributed by atoms with Gasteiger partial charge in [-0.25, -0.2) is 8.42 Å². The fourth-order valence-corrected chi connectivity index (χ4v) is 7.52. The molecule has 0 amide bonds. The summed E-state index contributed by atoms with van der Waals surface area (Å²) in [5, 5.41) is 13.9. The number of hydrogen-bond acceptors (Lipinski definition) is 13. The molecule has 2 aromatic carbocycles. The molecule has 0 saturated carbocycles. The number of phenolic OH excluding ortho intramolecular Hbond substituents is 1. The predicted molar refractivity (Wildman–Crippen MR) is 168 cm³/mol. The molecule has 0 aliphatic carbocycles. The second-order valence-electron chi connectivity index (χ2n) is 11.8. The number of phenols is 1. The van der Waals surface area contributed by atoms with Crippen molar-refractivity contribution < 1.29 is 13.5 Å². The number of rotatable bonds is 7. The first kappa shape index (κ1) is 30.7. The average Bonchev–Trinajstić information content (AvgIpc) is 2.88. The lowest BCUT2D eigenvalue weighted by molar-refractivity contribution is 0.441. The number of sulfonamides is 1. The highest BCUT2D eigenvalue weighted by Gasteiger charge is 2.29. The van der Waals surface area contributed by atoms with Crippen molar-refractivity contribution in [3.05, 3.63) is 47.0 Å². The van der Waals surface area contributed by atoms with Crippen LogP contribution in [0.15, 0.2) is 35.2 Å². The fourth-order valence-electron chi connectivity index (χ4n) is 5.99. The Balaban J connectivity index is 1.43. The van der Waals surface area contributed by atoms with E-state index in [1.807, 2.05) is 28.9 Å². The molecule has 2 fully saturated rings. The third kappa shape index (κ3) is 7.08. The summed E-state index contributed by atoms with van der Waals surface area (Å²) in [6, 6.07) is 7.60. The van der Waals surface area contributed by atoms with Gasteiger partial charge in [0.05, 0.1) is 10.6 Å². The summed E-state index contributed by atoms with van der Waals surface area (Å²) in [5.41, 5.74) is 27.6. The third-order valence-corrected chi connectivity index (χ3v) is 9.25. The maximum atomic E-state index is 13.2. The van der Waals surface area contributed by atoms with Crippen molar-refractivity contribution in [3.63, 3.8) is 0 Å². The fraction of sp³-hybridized carbons (Fsp3) is 0.464. The second kappa shape index (κ2) is 12.1. The van der Waals surface area contributed by atoms with Gasteiger partial charge >= 0.3 is 0 Å². The molecule has 14 nitrogen and oxygen atoms in total. The van der Waals surface area contributed by atoms with E-state index in [4.69, 9.17) is 27.9 Å². The minimum absolute atomic E-state index is 0.0366. The number of benzene rings is 2. The number of anilines is 5. The molecule has 0 spiro atoms. The standard InChI is InChI=1S/C28H41N11O3S/c1-15-6-16(2)25(17(3)7-15)43(41,42)37-23-5-4-22(10-24(23)40)33-26-34-27(38-11-18(29)8-19(30)12-38)36-28(35-26)39-13-20(31)9-21(32)14-39/h4-7,10,18-21,37,40H,8-9,11-14,29-32H2,1-3H3,(H,33,34,35,36)/t18-,19+,20-,21+. The van der Waals surface area contributed by atoms with E-state index in [0.29, 0.717) is 67.7 Å². The topological polar surface area (TPSA) is 228 Å². The minimum Gasteiger partial charge on any atom is -0.506 e. The molecule has 2 aliphatic rings. The van der Waals surface area contributed by atoms with Gasteiger partial charge in [-0.3, -0.25) is 4.72 Å². The zero-order valence-electron chi connectivity index (χ0n) is 24.7. The third-order valence-electron chi connectivity index (χ3n) is 7.58. The number of aromatic nitrogens is 3. The Hall–Kier alpha value is -3.76. The van der Waals surface area contributed by atoms with Gasteiger partial charge in [-0.15, -0.1) is 0 Å². The first-order valence-corrected chi connectivity index (χ1v) is 15.7. The Kier molecular flexibility index (Phi) is 8.63. The van der Waals surface area contributed by atoms with Crippen molar-refractivity contribution in [2.24, 2.45) is 22.9 Å². The first-order chi connectivity index (χ1) is 20.3. The van der Waals surface area contributed by atoms with E-state index in [-0.39, 0.29) is 46.4 Å². The van der Waals surface area contributed by atoms with Crippen LogP contribution in [0.2, 0.25) is 0 Å². The highest BCUT2D eigenvalue weighted by molar-refractivity contribution is 7.92. The number of piperidine rings is 2. The van der Waals surface area contributed by atoms with E-state index >= 15 is 0 Å². The average molecular weight is 612 g/mol. The molecule has 4 atom stereocenters. The number of hydrogen-bond donors (Lipinski definition) is 7. The highest BCUT2D eigenvalue weighted by atomic mass is 32.2. The molecule has 43 heavy (non-hydrogen) atoms. The molecule has 2 saturated heterocycles. The van der Waals surface area contributed by atoms with E-state index in [9.17, 15) is 13.5 Å². The first-order valence-electron chi connectivity index (χ1n) is 14.3. The molecular formula is C28H41N11O3S. The van der Waals surface area contributed by atoms with Gasteiger partial charge in [-0.05, 0) is 56.9 Å². The molecule has 3 heterocycles. The van der Waals surface area contributed by atoms with Gasteiger partial charge in [0.25, 0.3) is 10.0 Å². The van der Waals surface area contributed by atoms with Crippen LogP contribution in [0, 0.1) is 20.8 Å². The van der Waals surface area contributed by atoms with Crippen LogP contribution in [0.1, 0.15) is 29.5 Å². The lowest BCUT2D eigenvalue weighted by Gasteiger charge is -2.37. The number of nitrogens with zero attached hydrogens (tertiary/aromatic N) is 5. The van der Waals surface area contributed by atoms with Crippen molar-refractivity contribution in [3.8, 4) is 5.75 Å². The van der Waals surface area contributed by atoms with Gasteiger partial charge in [0, 0.05) is 62.1 Å². The molecular weight excluding hydrogens is 570 g/mol. The van der Waals surface area contributed by atoms with Gasteiger partial charge < -0.3 is 43.2 Å². The summed E-state index contributed by atoms with van der Waals surface area (Å²) >= 11 is 0. The number of nitrogens with one attached hydrogen (secondary N) is 2. The van der Waals surface area contributed by atoms with Gasteiger partial charge in [0.1, 0.15) is 5.75 Å². The summed E-state index contributed by atoms with van der Waals surface area (Å²) in [6.07, 6.45) is 1.40. The summed E-state index contributed by atoms with van der Waals surface area (Å²) in [4.78, 5) is 18.0. The van der Waals surface area contributed by atoms with Crippen molar-refractivity contribution >= 4 is 39.2 Å². The number of aryl methyl sites for hydroxylation is 3. The second-order valence-corrected chi connectivity index (χ2v) is 13.4. The molecule has 232 valence electrons. The van der Waals surface area contributed by atoms with Crippen LogP contribution < -0.4 is 42.8 Å². The molecule has 0 unspecified atom stereocenters. The maximum absolute atomic E-state index is 13.2. The predicted octanol–water partition coefficient (Wildman–Crippen LogP) is 0.776. The lowest BCUT2D eigenvalue weighted by atomic mass is 10.0. The van der Waals surface area contributed by atoms with Crippen LogP contribution in [-0.4, -0.2) is 78.8 Å². The number of aromatic hydroxyl groups is 1. The summed E-state index contributed by atoms with van der Waals surface area (Å²) < 4.78 is 29.0. The maximum Gasteiger partial charge on any atom is 0.262 e. The van der Waals surface area contributed by atoms with Crippen LogP contribution in [0.25, 0.3) is 0 Å². The summed E-state index contributed by atoms with van der Waals surface area (Å²) in [5.74, 6) is 0.761. The molecule has 0 bridgehead atoms. The Morgan fingerprint density at radius 2 is 1.28 bits per heavy atom. The van der Waals surface area contributed by atoms with Crippen LogP contribution in [0.4, 0.5) is 29.2 Å². The Labute approximate surface area is 251 Å². The monoisotopic (exact) mass is 611 g/mol. The van der Waals surface area contributed by atoms with E-state index in [1.54, 1.807) is 19.9 Å². The zero-order chi connectivity index (χ0) is 31.1. The van der Waals surface area contributed by atoms with Gasteiger partial charge in [0.15, 0.2) is 0 Å². The van der Waals surface area contributed by atoms with Crippen LogP contribution >= 0.6 is 0 Å². The van der Waals surface area contributed by atoms with Gasteiger partial charge in [-0.2, -0.15) is 15.0 Å². The lowest BCUT2D eigenvalue weighted by Crippen LogP contribution is -2.54. The normalized spacial score (nSPS) is 22.9. The van der Waals surface area contributed by atoms with Gasteiger partial charge in [0.2, 0.25) is 17.8 Å². The molecule has 1 aromatic heterocycles. The molecule has 15 heteroatoms. The van der Waals surface area contributed by atoms with Crippen molar-refractivity contribution in [2.45, 2.75) is 62.7 Å². The molecule has 5 rings (SSSR count). The van der Waals surface area contributed by atoms with E-state index in [0.717, 1.165) is 5.56 Å². The van der Waals surface area contributed by atoms with Crippen molar-refractivity contribution in [1.82, 2.24) is 15.0 Å². The molecule has 0 radical (unpaired) electrons. The quantitative estimate of drug-likeness (QED) is 0.183. The largest absolute Gasteiger partial charge is 0.506 e. The van der Waals surface area contributed by atoms with Crippen molar-refractivity contribution in [1.29, 1.82) is 0 Å². The van der Waals surface area contributed by atoms with Gasteiger partial charge in [-0.1, -0.05) is 17.7 Å². The summed E-state index contributed by atoms with van der Waals surface area (Å²) in [7, 11) is -3.96. The highest BCUT2D eigenvalue weighted by Crippen LogP contribution is 2.32. The molecule has 3 aromatic rings. The van der Waals surface area contributed by atoms with E-state index in [1.165, 1.54) is 12.1 Å². The van der Waals surface area contributed by atoms with Crippen LogP contribution in [-0.2, 0) is 10.0 Å².